The van der Waals surface area contributed by atoms with Gasteiger partial charge in [0.1, 0.15) is 6.61 Å². The highest BCUT2D eigenvalue weighted by molar-refractivity contribution is 6.02. The van der Waals surface area contributed by atoms with Crippen molar-refractivity contribution in [3.63, 3.8) is 0 Å². The van der Waals surface area contributed by atoms with E-state index < -0.39 is 17.4 Å². The molecule has 0 aromatic rings. The summed E-state index contributed by atoms with van der Waals surface area (Å²) in [5.74, 6) is -0.857. The Morgan fingerprint density at radius 1 is 1.53 bits per heavy atom. The van der Waals surface area contributed by atoms with Gasteiger partial charge in [-0.25, -0.2) is 9.59 Å². The minimum atomic E-state index is -0.445. The molecule has 0 aromatic heterocycles. The van der Waals surface area contributed by atoms with Gasteiger partial charge >= 0.3 is 11.9 Å². The Kier molecular flexibility index (Phi) is 3.17. The van der Waals surface area contributed by atoms with Gasteiger partial charge in [0.15, 0.2) is 0 Å². The minimum absolute atomic E-state index is 0.304. The monoisotopic (exact) mass is 212 g/mol. The molecule has 0 unspecified atom stereocenters. The Morgan fingerprint density at radius 3 is 2.53 bits per heavy atom. The highest BCUT2D eigenvalue weighted by Crippen LogP contribution is 2.36. The Hall–Kier alpha value is -1.32. The van der Waals surface area contributed by atoms with E-state index in [1.807, 2.05) is 13.8 Å². The number of carbonyl (C=O) groups is 2. The van der Waals surface area contributed by atoms with E-state index in [1.54, 1.807) is 13.8 Å². The van der Waals surface area contributed by atoms with Crippen LogP contribution >= 0.6 is 0 Å². The Bertz CT molecular complexity index is 325. The zero-order chi connectivity index (χ0) is 11.6. The van der Waals surface area contributed by atoms with Gasteiger partial charge in [-0.1, -0.05) is 13.8 Å². The molecule has 1 heterocycles. The van der Waals surface area contributed by atoms with E-state index in [1.165, 1.54) is 0 Å². The fraction of sp³-hybridized carbons (Fsp3) is 0.636. The van der Waals surface area contributed by atoms with Crippen LogP contribution in [0.25, 0.3) is 0 Å². The molecule has 0 atom stereocenters. The SMILES string of the molecule is CCOC(=O)/C(C)=C1\C(=O)OCC1(C)C. The largest absolute Gasteiger partial charge is 0.463 e. The lowest BCUT2D eigenvalue weighted by molar-refractivity contribution is -0.140. The molecule has 0 spiro atoms. The summed E-state index contributed by atoms with van der Waals surface area (Å²) < 4.78 is 9.78. The number of esters is 2. The van der Waals surface area contributed by atoms with Crippen molar-refractivity contribution in [1.29, 1.82) is 0 Å². The van der Waals surface area contributed by atoms with E-state index in [9.17, 15) is 9.59 Å². The standard InChI is InChI=1S/C11H16O4/c1-5-14-9(12)7(2)8-10(13)15-6-11(8,3)4/h5-6H2,1-4H3/b8-7+. The van der Waals surface area contributed by atoms with Gasteiger partial charge in [-0.05, 0) is 13.8 Å². The van der Waals surface area contributed by atoms with E-state index in [0.717, 1.165) is 0 Å². The van der Waals surface area contributed by atoms with Crippen LogP contribution < -0.4 is 0 Å². The molecule has 0 bridgehead atoms. The minimum Gasteiger partial charge on any atom is -0.463 e. The smallest absolute Gasteiger partial charge is 0.335 e. The third kappa shape index (κ3) is 2.19. The second kappa shape index (κ2) is 4.04. The number of cyclic esters (lactones) is 1. The number of ether oxygens (including phenoxy) is 2. The summed E-state index contributed by atoms with van der Waals surface area (Å²) in [6.45, 7) is 7.69. The molecule has 1 fully saturated rings. The average Bonchev–Trinajstić information content (AvgIpc) is 2.40. The predicted molar refractivity (Wildman–Crippen MR) is 54.1 cm³/mol. The molecule has 1 rings (SSSR count). The first-order valence-electron chi connectivity index (χ1n) is 4.95. The third-order valence-electron chi connectivity index (χ3n) is 2.40. The van der Waals surface area contributed by atoms with E-state index in [4.69, 9.17) is 9.47 Å². The lowest BCUT2D eigenvalue weighted by Gasteiger charge is -2.16. The van der Waals surface area contributed by atoms with E-state index in [0.29, 0.717) is 24.4 Å². The van der Waals surface area contributed by atoms with Gasteiger partial charge in [-0.2, -0.15) is 0 Å². The number of carbonyl (C=O) groups excluding carboxylic acids is 2. The van der Waals surface area contributed by atoms with Crippen LogP contribution in [-0.4, -0.2) is 25.2 Å². The van der Waals surface area contributed by atoms with Crippen molar-refractivity contribution in [1.82, 2.24) is 0 Å². The molecule has 4 nitrogen and oxygen atoms in total. The zero-order valence-corrected chi connectivity index (χ0v) is 9.55. The maximum Gasteiger partial charge on any atom is 0.335 e. The average molecular weight is 212 g/mol. The summed E-state index contributed by atoms with van der Waals surface area (Å²) in [7, 11) is 0. The van der Waals surface area contributed by atoms with Crippen LogP contribution in [0.1, 0.15) is 27.7 Å². The van der Waals surface area contributed by atoms with Gasteiger partial charge in [-0.15, -0.1) is 0 Å². The van der Waals surface area contributed by atoms with Gasteiger partial charge in [-0.3, -0.25) is 0 Å². The number of hydrogen-bond donors (Lipinski definition) is 0. The van der Waals surface area contributed by atoms with Crippen LogP contribution in [-0.2, 0) is 19.1 Å². The van der Waals surface area contributed by atoms with Gasteiger partial charge in [0.2, 0.25) is 0 Å². The fourth-order valence-electron chi connectivity index (χ4n) is 1.67. The van der Waals surface area contributed by atoms with Gasteiger partial charge in [0.05, 0.1) is 12.2 Å². The highest BCUT2D eigenvalue weighted by atomic mass is 16.5. The quantitative estimate of drug-likeness (QED) is 0.513. The zero-order valence-electron chi connectivity index (χ0n) is 9.55. The molecule has 0 saturated carbocycles. The summed E-state index contributed by atoms with van der Waals surface area (Å²) in [5, 5.41) is 0. The molecular weight excluding hydrogens is 196 g/mol. The first kappa shape index (κ1) is 11.8. The second-order valence-corrected chi connectivity index (χ2v) is 4.18. The predicted octanol–water partition coefficient (Wildman–Crippen LogP) is 1.45. The van der Waals surface area contributed by atoms with Crippen molar-refractivity contribution < 1.29 is 19.1 Å². The molecular formula is C11H16O4. The number of hydrogen-bond acceptors (Lipinski definition) is 4. The van der Waals surface area contributed by atoms with Crippen LogP contribution in [0.4, 0.5) is 0 Å². The van der Waals surface area contributed by atoms with Gasteiger partial charge < -0.3 is 9.47 Å². The maximum absolute atomic E-state index is 11.5. The van der Waals surface area contributed by atoms with Crippen molar-refractivity contribution in [2.24, 2.45) is 5.41 Å². The lowest BCUT2D eigenvalue weighted by Crippen LogP contribution is -2.19. The molecule has 15 heavy (non-hydrogen) atoms. The van der Waals surface area contributed by atoms with Gasteiger partial charge in [0.25, 0.3) is 0 Å². The topological polar surface area (TPSA) is 52.6 Å². The summed E-state index contributed by atoms with van der Waals surface area (Å²) >= 11 is 0. The van der Waals surface area contributed by atoms with E-state index in [-0.39, 0.29) is 0 Å². The summed E-state index contributed by atoms with van der Waals surface area (Å²) in [6, 6.07) is 0. The summed E-state index contributed by atoms with van der Waals surface area (Å²) in [5.41, 5.74) is 0.374. The normalized spacial score (nSPS) is 22.3. The first-order valence-corrected chi connectivity index (χ1v) is 4.95. The van der Waals surface area contributed by atoms with Gasteiger partial charge in [0, 0.05) is 11.0 Å². The molecule has 84 valence electrons. The Labute approximate surface area is 89.2 Å². The summed E-state index contributed by atoms with van der Waals surface area (Å²) in [4.78, 5) is 22.9. The lowest BCUT2D eigenvalue weighted by atomic mass is 9.84. The second-order valence-electron chi connectivity index (χ2n) is 4.18. The van der Waals surface area contributed by atoms with Crippen molar-refractivity contribution in [3.8, 4) is 0 Å². The molecule has 4 heteroatoms. The van der Waals surface area contributed by atoms with E-state index >= 15 is 0 Å². The van der Waals surface area contributed by atoms with Crippen molar-refractivity contribution in [3.05, 3.63) is 11.1 Å². The highest BCUT2D eigenvalue weighted by Gasteiger charge is 2.40. The van der Waals surface area contributed by atoms with Crippen LogP contribution in [0.2, 0.25) is 0 Å². The van der Waals surface area contributed by atoms with E-state index in [2.05, 4.69) is 0 Å². The Morgan fingerprint density at radius 2 is 2.13 bits per heavy atom. The van der Waals surface area contributed by atoms with Crippen LogP contribution in [0.15, 0.2) is 11.1 Å². The van der Waals surface area contributed by atoms with Crippen molar-refractivity contribution >= 4 is 11.9 Å². The maximum atomic E-state index is 11.5. The molecule has 0 radical (unpaired) electrons. The first-order chi connectivity index (χ1) is 6.90. The van der Waals surface area contributed by atoms with Crippen molar-refractivity contribution in [2.75, 3.05) is 13.2 Å². The Balaban J connectivity index is 3.06. The molecule has 1 saturated heterocycles. The van der Waals surface area contributed by atoms with Crippen LogP contribution in [0, 0.1) is 5.41 Å². The molecule has 1 aliphatic rings. The van der Waals surface area contributed by atoms with Crippen LogP contribution in [0.3, 0.4) is 0 Å². The molecule has 0 aliphatic carbocycles. The molecule has 0 N–H and O–H groups in total. The summed E-state index contributed by atoms with van der Waals surface area (Å²) in [6.07, 6.45) is 0. The molecule has 1 aliphatic heterocycles. The fourth-order valence-corrected chi connectivity index (χ4v) is 1.67. The van der Waals surface area contributed by atoms with Crippen LogP contribution in [0.5, 0.6) is 0 Å². The van der Waals surface area contributed by atoms with Crippen molar-refractivity contribution in [2.45, 2.75) is 27.7 Å². The molecule has 0 aromatic carbocycles. The molecule has 0 amide bonds. The third-order valence-corrected chi connectivity index (χ3v) is 2.40. The number of rotatable bonds is 2.